The van der Waals surface area contributed by atoms with Gasteiger partial charge in [0.25, 0.3) is 0 Å². The van der Waals surface area contributed by atoms with Crippen LogP contribution in [0.1, 0.15) is 25.3 Å². The third kappa shape index (κ3) is 1.98. The van der Waals surface area contributed by atoms with Crippen molar-refractivity contribution >= 4 is 11.9 Å². The summed E-state index contributed by atoms with van der Waals surface area (Å²) in [7, 11) is 1.28. The third-order valence-corrected chi connectivity index (χ3v) is 3.47. The van der Waals surface area contributed by atoms with Crippen molar-refractivity contribution in [2.45, 2.75) is 25.4 Å². The number of methoxy groups -OCH3 is 1. The number of cyclic esters (lactones) is 1. The van der Waals surface area contributed by atoms with Gasteiger partial charge in [0.2, 0.25) is 0 Å². The van der Waals surface area contributed by atoms with E-state index in [1.165, 1.54) is 7.11 Å². The van der Waals surface area contributed by atoms with Gasteiger partial charge in [0.1, 0.15) is 5.60 Å². The van der Waals surface area contributed by atoms with E-state index in [0.29, 0.717) is 12.8 Å². The Hall–Kier alpha value is -1.84. The molecule has 0 amide bonds. The fraction of sp³-hybridized carbons (Fsp3) is 0.429. The molecule has 2 atom stereocenters. The van der Waals surface area contributed by atoms with Crippen LogP contribution in [0.4, 0.5) is 0 Å². The number of hydrogen-bond acceptors (Lipinski definition) is 4. The van der Waals surface area contributed by atoms with E-state index in [9.17, 15) is 9.59 Å². The average molecular weight is 248 g/mol. The Labute approximate surface area is 106 Å². The lowest BCUT2D eigenvalue weighted by Gasteiger charge is -2.26. The molecule has 1 heterocycles. The minimum Gasteiger partial charge on any atom is -0.468 e. The second-order valence-electron chi connectivity index (χ2n) is 4.41. The molecule has 1 saturated heterocycles. The first kappa shape index (κ1) is 12.6. The number of rotatable bonds is 3. The van der Waals surface area contributed by atoms with Gasteiger partial charge in [0.15, 0.2) is 5.92 Å². The van der Waals surface area contributed by atoms with Crippen molar-refractivity contribution in [2.75, 3.05) is 7.11 Å². The largest absolute Gasteiger partial charge is 0.468 e. The maximum Gasteiger partial charge on any atom is 0.321 e. The molecule has 1 aliphatic rings. The first-order valence-electron chi connectivity index (χ1n) is 5.99. The zero-order valence-corrected chi connectivity index (χ0v) is 10.5. The minimum absolute atomic E-state index is 0.346. The van der Waals surface area contributed by atoms with Crippen molar-refractivity contribution in [1.82, 2.24) is 0 Å². The van der Waals surface area contributed by atoms with Crippen molar-refractivity contribution in [3.05, 3.63) is 35.9 Å². The highest BCUT2D eigenvalue weighted by Crippen LogP contribution is 2.42. The summed E-state index contributed by atoms with van der Waals surface area (Å²) >= 11 is 0. The molecule has 1 aliphatic heterocycles. The number of ether oxygens (including phenoxy) is 2. The zero-order chi connectivity index (χ0) is 13.2. The van der Waals surface area contributed by atoms with Gasteiger partial charge >= 0.3 is 11.9 Å². The number of hydrogen-bond donors (Lipinski definition) is 0. The zero-order valence-electron chi connectivity index (χ0n) is 10.5. The Balaban J connectivity index is 2.32. The molecule has 0 radical (unpaired) electrons. The lowest BCUT2D eigenvalue weighted by molar-refractivity contribution is -0.157. The molecule has 0 aliphatic carbocycles. The summed E-state index contributed by atoms with van der Waals surface area (Å²) in [5.41, 5.74) is 0.226. The van der Waals surface area contributed by atoms with E-state index in [0.717, 1.165) is 5.56 Å². The molecule has 1 fully saturated rings. The van der Waals surface area contributed by atoms with Crippen LogP contribution in [0.5, 0.6) is 0 Å². The molecule has 0 saturated carbocycles. The fourth-order valence-corrected chi connectivity index (χ4v) is 2.38. The molecule has 18 heavy (non-hydrogen) atoms. The van der Waals surface area contributed by atoms with Crippen LogP contribution in [0.3, 0.4) is 0 Å². The highest BCUT2D eigenvalue weighted by Gasteiger charge is 2.50. The summed E-state index contributed by atoms with van der Waals surface area (Å²) in [5.74, 6) is -1.83. The fourth-order valence-electron chi connectivity index (χ4n) is 2.38. The highest BCUT2D eigenvalue weighted by molar-refractivity contribution is 5.96. The molecule has 96 valence electrons. The van der Waals surface area contributed by atoms with Crippen molar-refractivity contribution in [3.8, 4) is 0 Å². The Kier molecular flexibility index (Phi) is 3.36. The minimum atomic E-state index is -0.810. The van der Waals surface area contributed by atoms with E-state index in [-0.39, 0.29) is 0 Å². The molecular formula is C14H16O4. The normalized spacial score (nSPS) is 26.8. The van der Waals surface area contributed by atoms with E-state index in [1.54, 1.807) is 0 Å². The van der Waals surface area contributed by atoms with Crippen LogP contribution >= 0.6 is 0 Å². The van der Waals surface area contributed by atoms with Crippen LogP contribution in [0, 0.1) is 5.92 Å². The molecule has 0 bridgehead atoms. The van der Waals surface area contributed by atoms with Crippen LogP contribution in [-0.2, 0) is 24.7 Å². The number of esters is 2. The van der Waals surface area contributed by atoms with Crippen LogP contribution in [0.2, 0.25) is 0 Å². The third-order valence-electron chi connectivity index (χ3n) is 3.47. The summed E-state index contributed by atoms with van der Waals surface area (Å²) in [6.45, 7) is 1.94. The monoisotopic (exact) mass is 248 g/mol. The number of benzene rings is 1. The second kappa shape index (κ2) is 4.80. The first-order chi connectivity index (χ1) is 8.63. The molecule has 1 aromatic rings. The summed E-state index contributed by atoms with van der Waals surface area (Å²) in [5, 5.41) is 0. The van der Waals surface area contributed by atoms with E-state index in [1.807, 2.05) is 37.3 Å². The molecule has 0 N–H and O–H groups in total. The predicted molar refractivity (Wildman–Crippen MR) is 64.6 cm³/mol. The van der Waals surface area contributed by atoms with Crippen LogP contribution < -0.4 is 0 Å². The van der Waals surface area contributed by atoms with Gasteiger partial charge in [0, 0.05) is 6.42 Å². The molecule has 0 spiro atoms. The Morgan fingerprint density at radius 2 is 2.11 bits per heavy atom. The molecule has 4 heteroatoms. The van der Waals surface area contributed by atoms with Crippen molar-refractivity contribution in [2.24, 2.45) is 5.92 Å². The van der Waals surface area contributed by atoms with Gasteiger partial charge in [-0.25, -0.2) is 0 Å². The van der Waals surface area contributed by atoms with E-state index in [2.05, 4.69) is 4.74 Å². The second-order valence-corrected chi connectivity index (χ2v) is 4.41. The van der Waals surface area contributed by atoms with Crippen molar-refractivity contribution < 1.29 is 19.1 Å². The van der Waals surface area contributed by atoms with Gasteiger partial charge in [-0.2, -0.15) is 0 Å². The molecule has 2 unspecified atom stereocenters. The predicted octanol–water partition coefficient (Wildman–Crippen LogP) is 2.03. The summed E-state index contributed by atoms with van der Waals surface area (Å²) < 4.78 is 10.1. The Bertz CT molecular complexity index is 454. The van der Waals surface area contributed by atoms with E-state index < -0.39 is 23.5 Å². The smallest absolute Gasteiger partial charge is 0.321 e. The summed E-state index contributed by atoms with van der Waals surface area (Å²) in [6.07, 6.45) is 0.981. The maximum absolute atomic E-state index is 11.8. The number of carbonyl (C=O) groups excluding carboxylic acids is 2. The van der Waals surface area contributed by atoms with E-state index in [4.69, 9.17) is 4.74 Å². The molecule has 2 rings (SSSR count). The summed E-state index contributed by atoms with van der Waals surface area (Å²) in [4.78, 5) is 23.3. The molecule has 0 aromatic heterocycles. The highest BCUT2D eigenvalue weighted by atomic mass is 16.6. The molecule has 1 aromatic carbocycles. The topological polar surface area (TPSA) is 52.6 Å². The van der Waals surface area contributed by atoms with E-state index >= 15 is 0 Å². The Morgan fingerprint density at radius 1 is 1.44 bits per heavy atom. The first-order valence-corrected chi connectivity index (χ1v) is 5.99. The van der Waals surface area contributed by atoms with Crippen LogP contribution in [-0.4, -0.2) is 19.0 Å². The van der Waals surface area contributed by atoms with Gasteiger partial charge in [-0.3, -0.25) is 9.59 Å². The van der Waals surface area contributed by atoms with Gasteiger partial charge in [-0.1, -0.05) is 37.3 Å². The van der Waals surface area contributed by atoms with Gasteiger partial charge < -0.3 is 9.47 Å². The SMILES string of the molecule is CCC1(c2ccccc2)CC(C(=O)OC)C(=O)O1. The molecule has 4 nitrogen and oxygen atoms in total. The van der Waals surface area contributed by atoms with Gasteiger partial charge in [0.05, 0.1) is 7.11 Å². The lowest BCUT2D eigenvalue weighted by atomic mass is 9.85. The van der Waals surface area contributed by atoms with Crippen LogP contribution in [0.25, 0.3) is 0 Å². The van der Waals surface area contributed by atoms with Crippen molar-refractivity contribution in [3.63, 3.8) is 0 Å². The quantitative estimate of drug-likeness (QED) is 0.606. The molecular weight excluding hydrogens is 232 g/mol. The van der Waals surface area contributed by atoms with Crippen LogP contribution in [0.15, 0.2) is 30.3 Å². The lowest BCUT2D eigenvalue weighted by Crippen LogP contribution is -2.24. The summed E-state index contributed by atoms with van der Waals surface area (Å²) in [6, 6.07) is 9.52. The average Bonchev–Trinajstić information content (AvgIpc) is 2.77. The number of carbonyl (C=O) groups is 2. The van der Waals surface area contributed by atoms with Gasteiger partial charge in [-0.15, -0.1) is 0 Å². The van der Waals surface area contributed by atoms with Gasteiger partial charge in [-0.05, 0) is 12.0 Å². The van der Waals surface area contributed by atoms with Crippen molar-refractivity contribution in [1.29, 1.82) is 0 Å². The maximum atomic E-state index is 11.8. The Morgan fingerprint density at radius 3 is 2.67 bits per heavy atom. The standard InChI is InChI=1S/C14H16O4/c1-3-14(10-7-5-4-6-8-10)9-11(12(15)17-2)13(16)18-14/h4-8,11H,3,9H2,1-2H3.